The van der Waals surface area contributed by atoms with Crippen molar-refractivity contribution in [1.82, 2.24) is 5.32 Å². The van der Waals surface area contributed by atoms with Crippen molar-refractivity contribution in [2.75, 3.05) is 13.7 Å². The smallest absolute Gasteiger partial charge is 0.328 e. The molecule has 2 rings (SSSR count). The number of ether oxygens (including phenoxy) is 2. The van der Waals surface area contributed by atoms with Gasteiger partial charge in [-0.05, 0) is 62.1 Å². The van der Waals surface area contributed by atoms with E-state index in [-0.39, 0.29) is 11.8 Å². The van der Waals surface area contributed by atoms with E-state index < -0.39 is 12.0 Å². The van der Waals surface area contributed by atoms with E-state index in [0.717, 1.165) is 37.0 Å². The van der Waals surface area contributed by atoms with Crippen molar-refractivity contribution in [1.29, 1.82) is 0 Å². The molecular weight excluding hydrogens is 342 g/mol. The SMILES string of the molecule is CCOc1ccc(C[C@H](NC(=O)C2CCC(C(C)C)CC2)C(=O)OC)cc1. The van der Waals surface area contributed by atoms with Crippen molar-refractivity contribution in [3.05, 3.63) is 29.8 Å². The van der Waals surface area contributed by atoms with Gasteiger partial charge in [-0.25, -0.2) is 4.79 Å². The Hall–Kier alpha value is -2.04. The summed E-state index contributed by atoms with van der Waals surface area (Å²) >= 11 is 0. The summed E-state index contributed by atoms with van der Waals surface area (Å²) in [6.07, 6.45) is 4.36. The lowest BCUT2D eigenvalue weighted by Gasteiger charge is -2.31. The second-order valence-electron chi connectivity index (χ2n) is 7.72. The molecule has 1 fully saturated rings. The van der Waals surface area contributed by atoms with Crippen LogP contribution >= 0.6 is 0 Å². The van der Waals surface area contributed by atoms with Gasteiger partial charge in [0, 0.05) is 12.3 Å². The van der Waals surface area contributed by atoms with Crippen LogP contribution in [-0.2, 0) is 20.7 Å². The first-order valence-electron chi connectivity index (χ1n) is 10.0. The van der Waals surface area contributed by atoms with Crippen LogP contribution in [-0.4, -0.2) is 31.6 Å². The highest BCUT2D eigenvalue weighted by molar-refractivity contribution is 5.86. The van der Waals surface area contributed by atoms with Gasteiger partial charge in [0.25, 0.3) is 0 Å². The standard InChI is InChI=1S/C22H33NO4/c1-5-27-19-12-6-16(7-13-19)14-20(22(25)26-4)23-21(24)18-10-8-17(9-11-18)15(2)3/h6-7,12-13,15,17-18,20H,5,8-11,14H2,1-4H3,(H,23,24)/t17?,18?,20-/m0/s1. The Bertz CT molecular complexity index is 603. The number of benzene rings is 1. The molecule has 0 aliphatic heterocycles. The van der Waals surface area contributed by atoms with Gasteiger partial charge in [-0.3, -0.25) is 4.79 Å². The molecule has 1 N–H and O–H groups in total. The van der Waals surface area contributed by atoms with Crippen LogP contribution in [0.3, 0.4) is 0 Å². The lowest BCUT2D eigenvalue weighted by molar-refractivity contribution is -0.145. The van der Waals surface area contributed by atoms with Crippen LogP contribution in [0.2, 0.25) is 0 Å². The number of carbonyl (C=O) groups excluding carboxylic acids is 2. The number of nitrogens with one attached hydrogen (secondary N) is 1. The summed E-state index contributed by atoms with van der Waals surface area (Å²) in [6.45, 7) is 7.04. The highest BCUT2D eigenvalue weighted by atomic mass is 16.5. The van der Waals surface area contributed by atoms with Crippen molar-refractivity contribution in [2.45, 2.75) is 58.9 Å². The highest BCUT2D eigenvalue weighted by Crippen LogP contribution is 2.33. The van der Waals surface area contributed by atoms with E-state index >= 15 is 0 Å². The fourth-order valence-corrected chi connectivity index (χ4v) is 3.80. The number of methoxy groups -OCH3 is 1. The maximum atomic E-state index is 12.7. The van der Waals surface area contributed by atoms with Gasteiger partial charge < -0.3 is 14.8 Å². The van der Waals surface area contributed by atoms with E-state index in [1.54, 1.807) is 0 Å². The first-order chi connectivity index (χ1) is 12.9. The Kier molecular flexibility index (Phi) is 8.14. The number of hydrogen-bond donors (Lipinski definition) is 1. The molecule has 1 saturated carbocycles. The zero-order valence-electron chi connectivity index (χ0n) is 17.0. The summed E-state index contributed by atoms with van der Waals surface area (Å²) in [6, 6.07) is 6.93. The second kappa shape index (κ2) is 10.3. The Morgan fingerprint density at radius 1 is 1.11 bits per heavy atom. The molecule has 5 heteroatoms. The molecule has 1 aromatic carbocycles. The summed E-state index contributed by atoms with van der Waals surface area (Å²) in [5, 5.41) is 2.93. The topological polar surface area (TPSA) is 64.6 Å². The van der Waals surface area contributed by atoms with Crippen molar-refractivity contribution in [3.8, 4) is 5.75 Å². The van der Waals surface area contributed by atoms with Gasteiger partial charge in [0.2, 0.25) is 5.91 Å². The Labute approximate surface area is 162 Å². The molecule has 1 aliphatic carbocycles. The summed E-state index contributed by atoms with van der Waals surface area (Å²) in [4.78, 5) is 24.9. The molecule has 0 bridgehead atoms. The zero-order chi connectivity index (χ0) is 19.8. The van der Waals surface area contributed by atoms with Gasteiger partial charge in [-0.1, -0.05) is 26.0 Å². The quantitative estimate of drug-likeness (QED) is 0.703. The Morgan fingerprint density at radius 3 is 2.26 bits per heavy atom. The molecule has 0 radical (unpaired) electrons. The van der Waals surface area contributed by atoms with E-state index in [2.05, 4.69) is 19.2 Å². The number of amides is 1. The lowest BCUT2D eigenvalue weighted by atomic mass is 9.76. The maximum Gasteiger partial charge on any atom is 0.328 e. The number of hydrogen-bond acceptors (Lipinski definition) is 4. The summed E-state index contributed by atoms with van der Waals surface area (Å²) in [5.41, 5.74) is 0.956. The lowest BCUT2D eigenvalue weighted by Crippen LogP contribution is -2.46. The average molecular weight is 376 g/mol. The minimum atomic E-state index is -0.664. The van der Waals surface area contributed by atoms with E-state index in [1.165, 1.54) is 7.11 Å². The predicted octanol–water partition coefficient (Wildman–Crippen LogP) is 3.75. The van der Waals surface area contributed by atoms with Crippen LogP contribution in [0.5, 0.6) is 5.75 Å². The minimum absolute atomic E-state index is 0.00696. The molecule has 1 aliphatic rings. The van der Waals surface area contributed by atoms with Gasteiger partial charge in [0.1, 0.15) is 11.8 Å². The zero-order valence-corrected chi connectivity index (χ0v) is 17.0. The molecule has 5 nitrogen and oxygen atoms in total. The van der Waals surface area contributed by atoms with Crippen LogP contribution in [0.15, 0.2) is 24.3 Å². The maximum absolute atomic E-state index is 12.7. The van der Waals surface area contributed by atoms with Crippen LogP contribution in [0, 0.1) is 17.8 Å². The third-order valence-corrected chi connectivity index (χ3v) is 5.56. The summed E-state index contributed by atoms with van der Waals surface area (Å²) < 4.78 is 10.3. The van der Waals surface area contributed by atoms with Crippen LogP contribution in [0.1, 0.15) is 52.0 Å². The van der Waals surface area contributed by atoms with Crippen molar-refractivity contribution >= 4 is 11.9 Å². The third-order valence-electron chi connectivity index (χ3n) is 5.56. The van der Waals surface area contributed by atoms with Gasteiger partial charge in [0.05, 0.1) is 13.7 Å². The Morgan fingerprint density at radius 2 is 1.74 bits per heavy atom. The first-order valence-corrected chi connectivity index (χ1v) is 10.0. The van der Waals surface area contributed by atoms with Crippen molar-refractivity contribution in [3.63, 3.8) is 0 Å². The van der Waals surface area contributed by atoms with Crippen LogP contribution < -0.4 is 10.1 Å². The normalized spacial score (nSPS) is 20.8. The highest BCUT2D eigenvalue weighted by Gasteiger charge is 2.30. The number of carbonyl (C=O) groups is 2. The number of esters is 1. The number of rotatable bonds is 8. The van der Waals surface area contributed by atoms with Gasteiger partial charge in [0.15, 0.2) is 0 Å². The molecular formula is C22H33NO4. The molecule has 0 heterocycles. The largest absolute Gasteiger partial charge is 0.494 e. The fraction of sp³-hybridized carbons (Fsp3) is 0.636. The summed E-state index contributed by atoms with van der Waals surface area (Å²) in [5.74, 6) is 1.71. The molecule has 1 atom stereocenters. The average Bonchev–Trinajstić information content (AvgIpc) is 2.68. The van der Waals surface area contributed by atoms with E-state index in [4.69, 9.17) is 9.47 Å². The van der Waals surface area contributed by atoms with E-state index in [1.807, 2.05) is 31.2 Å². The van der Waals surface area contributed by atoms with Crippen molar-refractivity contribution in [2.24, 2.45) is 17.8 Å². The van der Waals surface area contributed by atoms with Crippen LogP contribution in [0.25, 0.3) is 0 Å². The molecule has 1 aromatic rings. The summed E-state index contributed by atoms with van der Waals surface area (Å²) in [7, 11) is 1.35. The van der Waals surface area contributed by atoms with Crippen molar-refractivity contribution < 1.29 is 19.1 Å². The molecule has 150 valence electrons. The predicted molar refractivity (Wildman–Crippen MR) is 106 cm³/mol. The van der Waals surface area contributed by atoms with E-state index in [9.17, 15) is 9.59 Å². The first kappa shape index (κ1) is 21.3. The molecule has 0 saturated heterocycles. The monoisotopic (exact) mass is 375 g/mol. The second-order valence-corrected chi connectivity index (χ2v) is 7.72. The molecule has 0 unspecified atom stereocenters. The minimum Gasteiger partial charge on any atom is -0.494 e. The molecule has 0 aromatic heterocycles. The van der Waals surface area contributed by atoms with Crippen LogP contribution in [0.4, 0.5) is 0 Å². The van der Waals surface area contributed by atoms with E-state index in [0.29, 0.717) is 24.9 Å². The molecule has 1 amide bonds. The van der Waals surface area contributed by atoms with Gasteiger partial charge in [-0.2, -0.15) is 0 Å². The van der Waals surface area contributed by atoms with Gasteiger partial charge in [-0.15, -0.1) is 0 Å². The molecule has 0 spiro atoms. The Balaban J connectivity index is 1.95. The fourth-order valence-electron chi connectivity index (χ4n) is 3.80. The third kappa shape index (κ3) is 6.26. The molecule has 27 heavy (non-hydrogen) atoms. The van der Waals surface area contributed by atoms with Gasteiger partial charge >= 0.3 is 5.97 Å².